The Morgan fingerprint density at radius 2 is 2.35 bits per heavy atom. The maximum Gasteiger partial charge on any atom is 0.140 e. The van der Waals surface area contributed by atoms with Gasteiger partial charge in [-0.05, 0) is 6.07 Å². The first kappa shape index (κ1) is 10.6. The van der Waals surface area contributed by atoms with Crippen molar-refractivity contribution in [2.45, 2.75) is 12.0 Å². The summed E-state index contributed by atoms with van der Waals surface area (Å²) < 4.78 is 12.7. The lowest BCUT2D eigenvalue weighted by atomic mass is 9.95. The summed E-state index contributed by atoms with van der Waals surface area (Å²) in [6.07, 6.45) is 6.41. The number of ether oxygens (including phenoxy) is 2. The minimum absolute atomic E-state index is 0.183. The van der Waals surface area contributed by atoms with Crippen LogP contribution in [0.25, 0.3) is 5.65 Å². The van der Waals surface area contributed by atoms with E-state index >= 15 is 0 Å². The summed E-state index contributed by atoms with van der Waals surface area (Å²) in [5.41, 5.74) is 6.72. The summed E-state index contributed by atoms with van der Waals surface area (Å²) in [6.45, 7) is 1.88. The molecule has 0 bridgehead atoms. The third-order valence-electron chi connectivity index (χ3n) is 3.02. The molecule has 5 nitrogen and oxygen atoms in total. The fourth-order valence-electron chi connectivity index (χ4n) is 1.86. The van der Waals surface area contributed by atoms with Crippen LogP contribution in [0.5, 0.6) is 5.75 Å². The van der Waals surface area contributed by atoms with Crippen molar-refractivity contribution in [2.75, 3.05) is 19.8 Å². The van der Waals surface area contributed by atoms with E-state index in [0.717, 1.165) is 17.8 Å². The van der Waals surface area contributed by atoms with Gasteiger partial charge in [-0.3, -0.25) is 0 Å². The van der Waals surface area contributed by atoms with Crippen LogP contribution in [-0.2, 0) is 4.74 Å². The topological polar surface area (TPSA) is 61.8 Å². The highest BCUT2D eigenvalue weighted by atomic mass is 16.5. The van der Waals surface area contributed by atoms with Crippen LogP contribution in [0.2, 0.25) is 0 Å². The van der Waals surface area contributed by atoms with Gasteiger partial charge in [-0.15, -0.1) is 0 Å². The quantitative estimate of drug-likeness (QED) is 0.849. The van der Waals surface area contributed by atoms with E-state index in [1.165, 1.54) is 0 Å². The van der Waals surface area contributed by atoms with Gasteiger partial charge in [0, 0.05) is 31.1 Å². The fourth-order valence-corrected chi connectivity index (χ4v) is 1.86. The molecule has 1 fully saturated rings. The summed E-state index contributed by atoms with van der Waals surface area (Å²) >= 11 is 0. The van der Waals surface area contributed by atoms with Crippen LogP contribution in [-0.4, -0.2) is 34.7 Å². The molecule has 90 valence electrons. The van der Waals surface area contributed by atoms with Gasteiger partial charge in [0.25, 0.3) is 0 Å². The van der Waals surface area contributed by atoms with E-state index < -0.39 is 0 Å². The molecule has 0 saturated carbocycles. The molecular weight excluding hydrogens is 218 g/mol. The molecule has 2 N–H and O–H groups in total. The molecule has 2 aromatic heterocycles. The first-order chi connectivity index (χ1) is 8.25. The van der Waals surface area contributed by atoms with E-state index in [2.05, 4.69) is 4.98 Å². The van der Waals surface area contributed by atoms with Crippen molar-refractivity contribution in [1.82, 2.24) is 9.38 Å². The maximum atomic E-state index is 6.02. The monoisotopic (exact) mass is 233 g/mol. The standard InChI is InChI=1S/C12H15N3O2/c13-12(8-16-9-12)2-6-17-10-1-4-15-5-3-14-11(15)7-10/h1,3-5,7H,2,6,8-9,13H2. The molecule has 0 atom stereocenters. The van der Waals surface area contributed by atoms with Crippen molar-refractivity contribution in [3.05, 3.63) is 30.7 Å². The van der Waals surface area contributed by atoms with Crippen LogP contribution in [0.15, 0.2) is 30.7 Å². The number of rotatable bonds is 4. The summed E-state index contributed by atoms with van der Waals surface area (Å²) in [7, 11) is 0. The second kappa shape index (κ2) is 4.01. The molecule has 1 aliphatic rings. The number of hydrogen-bond donors (Lipinski definition) is 1. The highest BCUT2D eigenvalue weighted by molar-refractivity contribution is 5.43. The molecule has 17 heavy (non-hydrogen) atoms. The highest BCUT2D eigenvalue weighted by Crippen LogP contribution is 2.19. The highest BCUT2D eigenvalue weighted by Gasteiger charge is 2.33. The van der Waals surface area contributed by atoms with Gasteiger partial charge < -0.3 is 19.6 Å². The average molecular weight is 233 g/mol. The second-order valence-electron chi connectivity index (χ2n) is 4.51. The van der Waals surface area contributed by atoms with Crippen LogP contribution in [0.4, 0.5) is 0 Å². The second-order valence-corrected chi connectivity index (χ2v) is 4.51. The summed E-state index contributed by atoms with van der Waals surface area (Å²) in [6, 6.07) is 3.84. The Morgan fingerprint density at radius 3 is 3.12 bits per heavy atom. The number of hydrogen-bond acceptors (Lipinski definition) is 4. The van der Waals surface area contributed by atoms with E-state index in [1.54, 1.807) is 6.20 Å². The predicted octanol–water partition coefficient (Wildman–Crippen LogP) is 0.831. The lowest BCUT2D eigenvalue weighted by molar-refractivity contribution is -0.0616. The van der Waals surface area contributed by atoms with Gasteiger partial charge in [0.15, 0.2) is 0 Å². The van der Waals surface area contributed by atoms with E-state index in [9.17, 15) is 0 Å². The molecular formula is C12H15N3O2. The van der Waals surface area contributed by atoms with Crippen LogP contribution in [0.1, 0.15) is 6.42 Å². The van der Waals surface area contributed by atoms with Gasteiger partial charge in [0.05, 0.1) is 25.4 Å². The zero-order valence-electron chi connectivity index (χ0n) is 9.50. The van der Waals surface area contributed by atoms with Crippen LogP contribution in [0.3, 0.4) is 0 Å². The predicted molar refractivity (Wildman–Crippen MR) is 63.0 cm³/mol. The normalized spacial score (nSPS) is 17.9. The maximum absolute atomic E-state index is 6.02. The van der Waals surface area contributed by atoms with E-state index in [0.29, 0.717) is 19.8 Å². The Hall–Kier alpha value is -1.59. The molecule has 0 unspecified atom stereocenters. The number of nitrogens with zero attached hydrogens (tertiary/aromatic N) is 2. The molecule has 3 rings (SSSR count). The Bertz CT molecular complexity index is 519. The van der Waals surface area contributed by atoms with Crippen LogP contribution >= 0.6 is 0 Å². The fraction of sp³-hybridized carbons (Fsp3) is 0.417. The Balaban J connectivity index is 1.60. The molecule has 0 radical (unpaired) electrons. The third-order valence-corrected chi connectivity index (χ3v) is 3.02. The van der Waals surface area contributed by atoms with Crippen molar-refractivity contribution in [2.24, 2.45) is 5.73 Å². The number of fused-ring (bicyclic) bond motifs is 1. The smallest absolute Gasteiger partial charge is 0.140 e. The van der Waals surface area contributed by atoms with Crippen molar-refractivity contribution in [3.63, 3.8) is 0 Å². The lowest BCUT2D eigenvalue weighted by Crippen LogP contribution is -2.58. The number of imidazole rings is 1. The Kier molecular flexibility index (Phi) is 2.49. The SMILES string of the molecule is NC1(CCOc2ccn3ccnc3c2)COC1. The summed E-state index contributed by atoms with van der Waals surface area (Å²) in [5.74, 6) is 0.826. The molecule has 0 spiro atoms. The van der Waals surface area contributed by atoms with Crippen molar-refractivity contribution in [1.29, 1.82) is 0 Å². The van der Waals surface area contributed by atoms with Crippen molar-refractivity contribution in [3.8, 4) is 5.75 Å². The van der Waals surface area contributed by atoms with Gasteiger partial charge in [-0.1, -0.05) is 0 Å². The molecule has 0 aliphatic carbocycles. The Morgan fingerprint density at radius 1 is 1.47 bits per heavy atom. The molecule has 1 aliphatic heterocycles. The van der Waals surface area contributed by atoms with Gasteiger partial charge >= 0.3 is 0 Å². The molecule has 2 aromatic rings. The summed E-state index contributed by atoms with van der Waals surface area (Å²) in [4.78, 5) is 4.20. The van der Waals surface area contributed by atoms with Crippen LogP contribution < -0.4 is 10.5 Å². The van der Waals surface area contributed by atoms with E-state index in [4.69, 9.17) is 15.2 Å². The molecule has 5 heteroatoms. The largest absolute Gasteiger partial charge is 0.493 e. The minimum Gasteiger partial charge on any atom is -0.493 e. The molecule has 1 saturated heterocycles. The molecule has 0 amide bonds. The number of pyridine rings is 1. The van der Waals surface area contributed by atoms with Gasteiger partial charge in [-0.2, -0.15) is 0 Å². The average Bonchev–Trinajstić information content (AvgIpc) is 2.74. The summed E-state index contributed by atoms with van der Waals surface area (Å²) in [5, 5.41) is 0. The molecule has 0 aromatic carbocycles. The van der Waals surface area contributed by atoms with Crippen LogP contribution in [0, 0.1) is 0 Å². The zero-order chi connectivity index (χ0) is 11.7. The van der Waals surface area contributed by atoms with Crippen molar-refractivity contribution >= 4 is 5.65 Å². The van der Waals surface area contributed by atoms with Crippen molar-refractivity contribution < 1.29 is 9.47 Å². The van der Waals surface area contributed by atoms with E-state index in [-0.39, 0.29) is 5.54 Å². The van der Waals surface area contributed by atoms with E-state index in [1.807, 2.05) is 28.9 Å². The number of nitrogens with two attached hydrogens (primary N) is 1. The van der Waals surface area contributed by atoms with Gasteiger partial charge in [0.1, 0.15) is 11.4 Å². The number of aromatic nitrogens is 2. The first-order valence-corrected chi connectivity index (χ1v) is 5.67. The zero-order valence-corrected chi connectivity index (χ0v) is 9.50. The first-order valence-electron chi connectivity index (χ1n) is 5.67. The Labute approximate surface area is 99.2 Å². The minimum atomic E-state index is -0.183. The molecule has 3 heterocycles. The van der Waals surface area contributed by atoms with Gasteiger partial charge in [0.2, 0.25) is 0 Å². The third kappa shape index (κ3) is 2.11. The lowest BCUT2D eigenvalue weighted by Gasteiger charge is -2.37. The van der Waals surface area contributed by atoms with Gasteiger partial charge in [-0.25, -0.2) is 4.98 Å².